The van der Waals surface area contributed by atoms with Gasteiger partial charge in [0.1, 0.15) is 11.5 Å². The van der Waals surface area contributed by atoms with E-state index in [1.807, 2.05) is 54.1 Å². The van der Waals surface area contributed by atoms with E-state index < -0.39 is 5.97 Å². The number of hydrogen-bond acceptors (Lipinski definition) is 4. The molecule has 2 heterocycles. The van der Waals surface area contributed by atoms with E-state index in [0.29, 0.717) is 25.3 Å². The molecule has 0 atom stereocenters. The predicted molar refractivity (Wildman–Crippen MR) is 134 cm³/mol. The molecular formula is C29H29FN2O3. The SMILES string of the molecule is CCOC(=O)c1c(-c2ccc(F)cc2)c(-c2ccncc2)c(CCCOCc2ccccc2)n1C. The summed E-state index contributed by atoms with van der Waals surface area (Å²) < 4.78 is 27.0. The molecule has 0 N–H and O–H groups in total. The van der Waals surface area contributed by atoms with Crippen LogP contribution in [0, 0.1) is 5.82 Å². The summed E-state index contributed by atoms with van der Waals surface area (Å²) in [5, 5.41) is 0. The highest BCUT2D eigenvalue weighted by molar-refractivity contribution is 6.02. The Balaban J connectivity index is 1.71. The summed E-state index contributed by atoms with van der Waals surface area (Å²) in [6.45, 7) is 3.18. The van der Waals surface area contributed by atoms with Gasteiger partial charge in [0.2, 0.25) is 0 Å². The summed E-state index contributed by atoms with van der Waals surface area (Å²) in [4.78, 5) is 17.3. The van der Waals surface area contributed by atoms with Gasteiger partial charge in [-0.2, -0.15) is 0 Å². The van der Waals surface area contributed by atoms with Crippen LogP contribution in [-0.2, 0) is 29.5 Å². The van der Waals surface area contributed by atoms with Gasteiger partial charge >= 0.3 is 5.97 Å². The van der Waals surface area contributed by atoms with Crippen LogP contribution in [0.15, 0.2) is 79.1 Å². The van der Waals surface area contributed by atoms with Gasteiger partial charge in [0.25, 0.3) is 0 Å². The Kier molecular flexibility index (Phi) is 8.06. The molecule has 0 aliphatic rings. The van der Waals surface area contributed by atoms with Gasteiger partial charge in [-0.3, -0.25) is 4.98 Å². The van der Waals surface area contributed by atoms with Crippen molar-refractivity contribution >= 4 is 5.97 Å². The van der Waals surface area contributed by atoms with Crippen LogP contribution in [0.2, 0.25) is 0 Å². The van der Waals surface area contributed by atoms with Crippen molar-refractivity contribution in [3.05, 3.63) is 102 Å². The fourth-order valence-electron chi connectivity index (χ4n) is 4.30. The van der Waals surface area contributed by atoms with Gasteiger partial charge in [-0.25, -0.2) is 9.18 Å². The molecule has 5 nitrogen and oxygen atoms in total. The molecule has 35 heavy (non-hydrogen) atoms. The quantitative estimate of drug-likeness (QED) is 0.203. The molecule has 0 aliphatic heterocycles. The second kappa shape index (κ2) is 11.6. The number of esters is 1. The zero-order valence-electron chi connectivity index (χ0n) is 20.0. The summed E-state index contributed by atoms with van der Waals surface area (Å²) in [7, 11) is 1.88. The maximum atomic E-state index is 13.7. The normalized spacial score (nSPS) is 10.9. The van der Waals surface area contributed by atoms with Crippen molar-refractivity contribution in [2.24, 2.45) is 7.05 Å². The first-order chi connectivity index (χ1) is 17.1. The first-order valence-electron chi connectivity index (χ1n) is 11.8. The molecular weight excluding hydrogens is 443 g/mol. The number of benzene rings is 2. The Morgan fingerprint density at radius 2 is 1.63 bits per heavy atom. The van der Waals surface area contributed by atoms with Crippen molar-refractivity contribution in [2.75, 3.05) is 13.2 Å². The van der Waals surface area contributed by atoms with Crippen molar-refractivity contribution in [3.63, 3.8) is 0 Å². The molecule has 4 aromatic rings. The molecule has 6 heteroatoms. The zero-order valence-corrected chi connectivity index (χ0v) is 20.0. The number of halogens is 1. The molecule has 2 aromatic heterocycles. The van der Waals surface area contributed by atoms with Gasteiger partial charge in [0.15, 0.2) is 0 Å². The van der Waals surface area contributed by atoms with Gasteiger partial charge in [-0.15, -0.1) is 0 Å². The van der Waals surface area contributed by atoms with Crippen LogP contribution in [0.25, 0.3) is 22.3 Å². The van der Waals surface area contributed by atoms with E-state index in [4.69, 9.17) is 9.47 Å². The molecule has 0 saturated heterocycles. The number of aromatic nitrogens is 2. The lowest BCUT2D eigenvalue weighted by molar-refractivity contribution is 0.0516. The standard InChI is InChI=1S/C29H29FN2O3/c1-3-35-29(33)28-27(22-11-13-24(30)14-12-22)26(23-15-17-31-18-16-23)25(32(28)2)10-7-19-34-20-21-8-5-4-6-9-21/h4-6,8-9,11-18H,3,7,10,19-20H2,1-2H3. The van der Waals surface area contributed by atoms with Crippen LogP contribution in [-0.4, -0.2) is 28.7 Å². The van der Waals surface area contributed by atoms with Gasteiger partial charge in [-0.1, -0.05) is 42.5 Å². The van der Waals surface area contributed by atoms with Crippen LogP contribution in [0.5, 0.6) is 0 Å². The lowest BCUT2D eigenvalue weighted by Crippen LogP contribution is -2.12. The third-order valence-electron chi connectivity index (χ3n) is 5.90. The topological polar surface area (TPSA) is 53.4 Å². The van der Waals surface area contributed by atoms with Crippen LogP contribution in [0.3, 0.4) is 0 Å². The van der Waals surface area contributed by atoms with E-state index in [9.17, 15) is 9.18 Å². The minimum Gasteiger partial charge on any atom is -0.461 e. The van der Waals surface area contributed by atoms with Crippen LogP contribution >= 0.6 is 0 Å². The first kappa shape index (κ1) is 24.4. The maximum Gasteiger partial charge on any atom is 0.355 e. The van der Waals surface area contributed by atoms with E-state index >= 15 is 0 Å². The highest BCUT2D eigenvalue weighted by Crippen LogP contribution is 2.40. The number of carbonyl (C=O) groups excluding carboxylic acids is 1. The van der Waals surface area contributed by atoms with Gasteiger partial charge in [0.05, 0.1) is 13.2 Å². The lowest BCUT2D eigenvalue weighted by Gasteiger charge is -2.10. The summed E-state index contributed by atoms with van der Waals surface area (Å²) in [5.74, 6) is -0.736. The lowest BCUT2D eigenvalue weighted by atomic mass is 9.94. The number of rotatable bonds is 10. The molecule has 0 unspecified atom stereocenters. The minimum absolute atomic E-state index is 0.264. The van der Waals surface area contributed by atoms with E-state index in [2.05, 4.69) is 4.98 Å². The first-order valence-corrected chi connectivity index (χ1v) is 11.8. The van der Waals surface area contributed by atoms with Crippen LogP contribution in [0.1, 0.15) is 35.1 Å². The van der Waals surface area contributed by atoms with Crippen molar-refractivity contribution in [3.8, 4) is 22.3 Å². The molecule has 4 rings (SSSR count). The minimum atomic E-state index is -0.406. The molecule has 0 spiro atoms. The highest BCUT2D eigenvalue weighted by Gasteiger charge is 2.28. The van der Waals surface area contributed by atoms with E-state index in [-0.39, 0.29) is 12.4 Å². The third kappa shape index (κ3) is 5.66. The predicted octanol–water partition coefficient (Wildman–Crippen LogP) is 6.22. The Morgan fingerprint density at radius 1 is 0.943 bits per heavy atom. The molecule has 0 amide bonds. The van der Waals surface area contributed by atoms with Gasteiger partial charge in [-0.05, 0) is 60.7 Å². The largest absolute Gasteiger partial charge is 0.461 e. The Morgan fingerprint density at radius 3 is 2.31 bits per heavy atom. The fraction of sp³-hybridized carbons (Fsp3) is 0.241. The Labute approximate surface area is 205 Å². The monoisotopic (exact) mass is 472 g/mol. The third-order valence-corrected chi connectivity index (χ3v) is 5.90. The molecule has 0 aliphatic carbocycles. The fourth-order valence-corrected chi connectivity index (χ4v) is 4.30. The Bertz CT molecular complexity index is 1250. The number of nitrogens with zero attached hydrogens (tertiary/aromatic N) is 2. The molecule has 0 saturated carbocycles. The van der Waals surface area contributed by atoms with Gasteiger partial charge < -0.3 is 14.0 Å². The number of ether oxygens (including phenoxy) is 2. The molecule has 180 valence electrons. The number of hydrogen-bond donors (Lipinski definition) is 0. The van der Waals surface area contributed by atoms with Crippen LogP contribution in [0.4, 0.5) is 4.39 Å². The second-order valence-corrected chi connectivity index (χ2v) is 8.21. The van der Waals surface area contributed by atoms with E-state index in [1.165, 1.54) is 12.1 Å². The summed E-state index contributed by atoms with van der Waals surface area (Å²) in [6.07, 6.45) is 4.92. The Hall–Kier alpha value is -3.77. The highest BCUT2D eigenvalue weighted by atomic mass is 19.1. The van der Waals surface area contributed by atoms with Crippen molar-refractivity contribution in [1.29, 1.82) is 0 Å². The molecule has 0 fully saturated rings. The zero-order chi connectivity index (χ0) is 24.6. The van der Waals surface area contributed by atoms with E-state index in [0.717, 1.165) is 39.9 Å². The molecule has 0 bridgehead atoms. The van der Waals surface area contributed by atoms with E-state index in [1.54, 1.807) is 31.5 Å². The smallest absolute Gasteiger partial charge is 0.355 e. The van der Waals surface area contributed by atoms with Crippen LogP contribution < -0.4 is 0 Å². The van der Waals surface area contributed by atoms with Crippen molar-refractivity contribution in [1.82, 2.24) is 9.55 Å². The molecule has 0 radical (unpaired) electrons. The second-order valence-electron chi connectivity index (χ2n) is 8.21. The van der Waals surface area contributed by atoms with Gasteiger partial charge in [0, 0.05) is 42.9 Å². The average molecular weight is 473 g/mol. The summed E-state index contributed by atoms with van der Waals surface area (Å²) in [6, 6.07) is 20.1. The summed E-state index contributed by atoms with van der Waals surface area (Å²) in [5.41, 5.74) is 5.92. The number of carbonyl (C=O) groups is 1. The van der Waals surface area contributed by atoms with Crippen molar-refractivity contribution in [2.45, 2.75) is 26.4 Å². The molecule has 2 aromatic carbocycles. The summed E-state index contributed by atoms with van der Waals surface area (Å²) >= 11 is 0. The average Bonchev–Trinajstić information content (AvgIpc) is 3.17. The maximum absolute atomic E-state index is 13.7. The van der Waals surface area contributed by atoms with Crippen molar-refractivity contribution < 1.29 is 18.7 Å². The number of pyridine rings is 1.